The molecule has 1 N–H and O–H groups in total. The molecule has 0 aromatic rings. The molecule has 3 aliphatic rings. The van der Waals surface area contributed by atoms with E-state index in [1.165, 1.54) is 0 Å². The molecular weight excluding hydrogens is 240 g/mol. The van der Waals surface area contributed by atoms with Gasteiger partial charge in [-0.1, -0.05) is 6.92 Å². The Labute approximate surface area is 114 Å². The minimum absolute atomic E-state index is 0.0757. The summed E-state index contributed by atoms with van der Waals surface area (Å²) in [6.45, 7) is 6.12. The van der Waals surface area contributed by atoms with Gasteiger partial charge in [-0.15, -0.1) is 0 Å². The van der Waals surface area contributed by atoms with Gasteiger partial charge in [-0.2, -0.15) is 0 Å². The summed E-state index contributed by atoms with van der Waals surface area (Å²) in [5.74, 6) is 0.968. The molecule has 3 fully saturated rings. The van der Waals surface area contributed by atoms with Gasteiger partial charge in [0.15, 0.2) is 0 Å². The fourth-order valence-electron chi connectivity index (χ4n) is 3.47. The van der Waals surface area contributed by atoms with E-state index >= 15 is 0 Å². The van der Waals surface area contributed by atoms with Crippen LogP contribution in [0.3, 0.4) is 0 Å². The van der Waals surface area contributed by atoms with Crippen LogP contribution in [0.25, 0.3) is 0 Å². The van der Waals surface area contributed by atoms with Crippen molar-refractivity contribution in [3.8, 4) is 0 Å². The molecule has 0 aromatic carbocycles. The number of carbonyl (C=O) groups excluding carboxylic acids is 2. The minimum atomic E-state index is -0.613. The molecule has 4 nitrogen and oxygen atoms in total. The predicted octanol–water partition coefficient (Wildman–Crippen LogP) is 1.69. The van der Waals surface area contributed by atoms with E-state index in [2.05, 4.69) is 19.2 Å². The van der Waals surface area contributed by atoms with Gasteiger partial charge >= 0.3 is 0 Å². The van der Waals surface area contributed by atoms with Crippen molar-refractivity contribution in [3.63, 3.8) is 0 Å². The van der Waals surface area contributed by atoms with E-state index in [0.29, 0.717) is 11.8 Å². The third-order valence-electron chi connectivity index (χ3n) is 5.25. The summed E-state index contributed by atoms with van der Waals surface area (Å²) in [6, 6.07) is -0.112. The van der Waals surface area contributed by atoms with Crippen molar-refractivity contribution >= 4 is 11.8 Å². The Balaban J connectivity index is 1.94. The van der Waals surface area contributed by atoms with Gasteiger partial charge in [-0.3, -0.25) is 9.59 Å². The average Bonchev–Trinajstić information content (AvgIpc) is 3.25. The van der Waals surface area contributed by atoms with Crippen LogP contribution in [-0.2, 0) is 9.59 Å². The minimum Gasteiger partial charge on any atom is -0.342 e. The van der Waals surface area contributed by atoms with Gasteiger partial charge in [-0.05, 0) is 57.8 Å². The van der Waals surface area contributed by atoms with Crippen LogP contribution in [0.5, 0.6) is 0 Å². The van der Waals surface area contributed by atoms with Crippen molar-refractivity contribution in [1.82, 2.24) is 10.2 Å². The summed E-state index contributed by atoms with van der Waals surface area (Å²) in [6.07, 6.45) is 5.19. The molecule has 3 rings (SSSR count). The number of hydrogen-bond acceptors (Lipinski definition) is 2. The number of piperazine rings is 1. The van der Waals surface area contributed by atoms with Crippen LogP contribution in [0.15, 0.2) is 0 Å². The maximum atomic E-state index is 12.8. The molecule has 1 heterocycles. The van der Waals surface area contributed by atoms with E-state index < -0.39 is 5.54 Å². The maximum absolute atomic E-state index is 12.8. The summed E-state index contributed by atoms with van der Waals surface area (Å²) >= 11 is 0. The van der Waals surface area contributed by atoms with E-state index in [-0.39, 0.29) is 23.9 Å². The first-order chi connectivity index (χ1) is 9.00. The van der Waals surface area contributed by atoms with E-state index in [1.807, 2.05) is 11.8 Å². The summed E-state index contributed by atoms with van der Waals surface area (Å²) in [4.78, 5) is 27.3. The quantitative estimate of drug-likeness (QED) is 0.840. The zero-order valence-corrected chi connectivity index (χ0v) is 12.1. The Morgan fingerprint density at radius 2 is 1.95 bits per heavy atom. The molecule has 0 aromatic heterocycles. The molecule has 4 heteroatoms. The first-order valence-corrected chi connectivity index (χ1v) is 7.64. The van der Waals surface area contributed by atoms with Gasteiger partial charge < -0.3 is 10.2 Å². The second-order valence-corrected chi connectivity index (χ2v) is 6.68. The van der Waals surface area contributed by atoms with Gasteiger partial charge in [0, 0.05) is 6.04 Å². The number of amides is 2. The molecule has 106 valence electrons. The molecule has 0 bridgehead atoms. The third kappa shape index (κ3) is 1.87. The molecule has 1 aliphatic heterocycles. The smallest absolute Gasteiger partial charge is 0.246 e. The molecule has 0 spiro atoms. The zero-order chi connectivity index (χ0) is 13.8. The molecule has 1 saturated heterocycles. The monoisotopic (exact) mass is 264 g/mol. The van der Waals surface area contributed by atoms with Crippen molar-refractivity contribution in [2.75, 3.05) is 0 Å². The highest BCUT2D eigenvalue weighted by molar-refractivity contribution is 6.00. The van der Waals surface area contributed by atoms with Crippen molar-refractivity contribution in [2.45, 2.75) is 70.5 Å². The van der Waals surface area contributed by atoms with Crippen LogP contribution >= 0.6 is 0 Å². The first-order valence-electron chi connectivity index (χ1n) is 7.64. The number of rotatable bonds is 4. The van der Waals surface area contributed by atoms with Gasteiger partial charge in [0.05, 0.1) is 0 Å². The van der Waals surface area contributed by atoms with E-state index in [0.717, 1.165) is 32.1 Å². The van der Waals surface area contributed by atoms with Crippen molar-refractivity contribution in [2.24, 2.45) is 11.8 Å². The van der Waals surface area contributed by atoms with Gasteiger partial charge in [0.25, 0.3) is 0 Å². The topological polar surface area (TPSA) is 49.4 Å². The highest BCUT2D eigenvalue weighted by Gasteiger charge is 2.59. The van der Waals surface area contributed by atoms with Crippen LogP contribution in [0.4, 0.5) is 0 Å². The van der Waals surface area contributed by atoms with Crippen LogP contribution in [0, 0.1) is 11.8 Å². The highest BCUT2D eigenvalue weighted by Crippen LogP contribution is 2.47. The van der Waals surface area contributed by atoms with Crippen molar-refractivity contribution < 1.29 is 9.59 Å². The number of nitrogens with one attached hydrogen (secondary N) is 1. The van der Waals surface area contributed by atoms with Gasteiger partial charge in [0.2, 0.25) is 11.8 Å². The molecular formula is C15H24N2O2. The Hall–Kier alpha value is -1.06. The normalized spacial score (nSPS) is 37.2. The zero-order valence-electron chi connectivity index (χ0n) is 12.1. The summed E-state index contributed by atoms with van der Waals surface area (Å²) in [7, 11) is 0. The molecule has 2 saturated carbocycles. The molecule has 19 heavy (non-hydrogen) atoms. The van der Waals surface area contributed by atoms with E-state index in [4.69, 9.17) is 0 Å². The molecule has 3 unspecified atom stereocenters. The van der Waals surface area contributed by atoms with Crippen LogP contribution in [-0.4, -0.2) is 34.3 Å². The van der Waals surface area contributed by atoms with Gasteiger partial charge in [0.1, 0.15) is 11.6 Å². The maximum Gasteiger partial charge on any atom is 0.246 e. The van der Waals surface area contributed by atoms with Crippen molar-refractivity contribution in [3.05, 3.63) is 0 Å². The lowest BCUT2D eigenvalue weighted by atomic mass is 9.85. The highest BCUT2D eigenvalue weighted by atomic mass is 16.2. The summed E-state index contributed by atoms with van der Waals surface area (Å²) < 4.78 is 0. The first kappa shape index (κ1) is 12.9. The molecule has 3 atom stereocenters. The molecule has 0 radical (unpaired) electrons. The Morgan fingerprint density at radius 3 is 2.42 bits per heavy atom. The Morgan fingerprint density at radius 1 is 1.32 bits per heavy atom. The average molecular weight is 264 g/mol. The largest absolute Gasteiger partial charge is 0.342 e. The Bertz CT molecular complexity index is 414. The lowest BCUT2D eigenvalue weighted by Crippen LogP contribution is -2.72. The number of carbonyl (C=O) groups is 2. The molecule has 2 aliphatic carbocycles. The molecule has 2 amide bonds. The number of hydrogen-bond donors (Lipinski definition) is 1. The van der Waals surface area contributed by atoms with Crippen molar-refractivity contribution in [1.29, 1.82) is 0 Å². The third-order valence-corrected chi connectivity index (χ3v) is 5.25. The SMILES string of the molecule is CCC(C)N1C(=O)C(C2CC2)NC(=O)C1(C)C1CC1. The van der Waals surface area contributed by atoms with Gasteiger partial charge in [-0.25, -0.2) is 0 Å². The lowest BCUT2D eigenvalue weighted by molar-refractivity contribution is -0.162. The number of nitrogens with zero attached hydrogens (tertiary/aromatic N) is 1. The van der Waals surface area contributed by atoms with Crippen LogP contribution in [0.1, 0.15) is 52.9 Å². The second kappa shape index (κ2) is 4.22. The van der Waals surface area contributed by atoms with E-state index in [1.54, 1.807) is 0 Å². The fraction of sp³-hybridized carbons (Fsp3) is 0.867. The second-order valence-electron chi connectivity index (χ2n) is 6.68. The summed E-state index contributed by atoms with van der Waals surface area (Å²) in [5, 5.41) is 3.02. The fourth-order valence-corrected chi connectivity index (χ4v) is 3.47. The lowest BCUT2D eigenvalue weighted by Gasteiger charge is -2.49. The van der Waals surface area contributed by atoms with Crippen LogP contribution in [0.2, 0.25) is 0 Å². The predicted molar refractivity (Wildman–Crippen MR) is 72.4 cm³/mol. The Kier molecular flexibility index (Phi) is 2.88. The standard InChI is InChI=1S/C15H24N2O2/c1-4-9(2)17-13(18)12(10-5-6-10)16-14(19)15(17,3)11-7-8-11/h9-12H,4-8H2,1-3H3,(H,16,19). The summed E-state index contributed by atoms with van der Waals surface area (Å²) in [5.41, 5.74) is -0.613. The van der Waals surface area contributed by atoms with E-state index in [9.17, 15) is 9.59 Å². The van der Waals surface area contributed by atoms with Crippen LogP contribution < -0.4 is 5.32 Å².